The van der Waals surface area contributed by atoms with Crippen LogP contribution in [-0.4, -0.2) is 22.6 Å². The molecule has 28 heavy (non-hydrogen) atoms. The van der Waals surface area contributed by atoms with Gasteiger partial charge in [-0.1, -0.05) is 48.5 Å². The van der Waals surface area contributed by atoms with E-state index in [0.29, 0.717) is 24.5 Å². The maximum absolute atomic E-state index is 13.8. The van der Waals surface area contributed by atoms with Crippen LogP contribution in [0.2, 0.25) is 0 Å². The Morgan fingerprint density at radius 1 is 1.00 bits per heavy atom. The Balaban J connectivity index is 1.73. The lowest BCUT2D eigenvalue weighted by atomic mass is 10.1. The molecular weight excluding hydrogens is 351 g/mol. The number of halogens is 1. The van der Waals surface area contributed by atoms with Gasteiger partial charge in [0, 0.05) is 30.9 Å². The van der Waals surface area contributed by atoms with Gasteiger partial charge in [0.25, 0.3) is 0 Å². The van der Waals surface area contributed by atoms with Crippen molar-refractivity contribution in [2.24, 2.45) is 0 Å². The fraction of sp³-hybridized carbons (Fsp3) is 0.304. The number of nitrogens with one attached hydrogen (secondary N) is 1. The summed E-state index contributed by atoms with van der Waals surface area (Å²) < 4.78 is 13.8. The van der Waals surface area contributed by atoms with Crippen molar-refractivity contribution < 1.29 is 4.39 Å². The lowest BCUT2D eigenvalue weighted by molar-refractivity contribution is 0.610. The number of aromatic nitrogens is 2. The molecule has 2 aromatic carbocycles. The van der Waals surface area contributed by atoms with Crippen molar-refractivity contribution in [3.05, 3.63) is 83.3 Å². The SMILES string of the molecule is Cc1cc(NCCc2ccccc2F)nc(N(Cc2ccccc2)C(C)C)n1. The molecule has 3 aromatic rings. The van der Waals surface area contributed by atoms with Gasteiger partial charge in [-0.25, -0.2) is 9.37 Å². The van der Waals surface area contributed by atoms with Gasteiger partial charge in [-0.15, -0.1) is 0 Å². The van der Waals surface area contributed by atoms with E-state index in [1.54, 1.807) is 6.07 Å². The Bertz CT molecular complexity index is 896. The van der Waals surface area contributed by atoms with E-state index in [9.17, 15) is 4.39 Å². The molecule has 0 aliphatic carbocycles. The Kier molecular flexibility index (Phi) is 6.58. The van der Waals surface area contributed by atoms with E-state index in [1.165, 1.54) is 11.6 Å². The fourth-order valence-corrected chi connectivity index (χ4v) is 3.06. The third kappa shape index (κ3) is 5.28. The van der Waals surface area contributed by atoms with Gasteiger partial charge in [0.05, 0.1) is 0 Å². The van der Waals surface area contributed by atoms with Crippen molar-refractivity contribution in [1.82, 2.24) is 9.97 Å². The smallest absolute Gasteiger partial charge is 0.228 e. The highest BCUT2D eigenvalue weighted by atomic mass is 19.1. The van der Waals surface area contributed by atoms with Crippen LogP contribution in [0.25, 0.3) is 0 Å². The zero-order chi connectivity index (χ0) is 19.9. The standard InChI is InChI=1S/C23H27FN4/c1-17(2)28(16-19-9-5-4-6-10-19)23-26-18(3)15-22(27-23)25-14-13-20-11-7-8-12-21(20)24/h4-12,15,17H,13-14,16H2,1-3H3,(H,25,26,27). The molecule has 146 valence electrons. The molecule has 0 saturated heterocycles. The van der Waals surface area contributed by atoms with E-state index in [-0.39, 0.29) is 11.9 Å². The molecule has 3 rings (SSSR count). The second kappa shape index (κ2) is 9.31. The quantitative estimate of drug-likeness (QED) is 0.599. The summed E-state index contributed by atoms with van der Waals surface area (Å²) in [5.41, 5.74) is 2.82. The van der Waals surface area contributed by atoms with Crippen LogP contribution < -0.4 is 10.2 Å². The van der Waals surface area contributed by atoms with Crippen LogP contribution in [0.1, 0.15) is 30.7 Å². The first-order valence-corrected chi connectivity index (χ1v) is 9.66. The summed E-state index contributed by atoms with van der Waals surface area (Å²) >= 11 is 0. The summed E-state index contributed by atoms with van der Waals surface area (Å²) in [7, 11) is 0. The van der Waals surface area contributed by atoms with Crippen LogP contribution in [0.3, 0.4) is 0 Å². The zero-order valence-corrected chi connectivity index (χ0v) is 16.7. The summed E-state index contributed by atoms with van der Waals surface area (Å²) in [4.78, 5) is 11.5. The zero-order valence-electron chi connectivity index (χ0n) is 16.7. The van der Waals surface area contributed by atoms with Crippen molar-refractivity contribution in [1.29, 1.82) is 0 Å². The van der Waals surface area contributed by atoms with Gasteiger partial charge in [-0.2, -0.15) is 4.98 Å². The van der Waals surface area contributed by atoms with Crippen LogP contribution in [0, 0.1) is 12.7 Å². The molecule has 0 spiro atoms. The number of anilines is 2. The third-order valence-corrected chi connectivity index (χ3v) is 4.58. The van der Waals surface area contributed by atoms with E-state index < -0.39 is 0 Å². The Hall–Kier alpha value is -2.95. The molecule has 0 bridgehead atoms. The highest BCUT2D eigenvalue weighted by Gasteiger charge is 2.15. The summed E-state index contributed by atoms with van der Waals surface area (Å²) in [5, 5.41) is 3.31. The van der Waals surface area contributed by atoms with E-state index in [1.807, 2.05) is 43.3 Å². The van der Waals surface area contributed by atoms with Crippen LogP contribution in [0.4, 0.5) is 16.2 Å². The predicted octanol–water partition coefficient (Wildman–Crippen LogP) is 4.99. The van der Waals surface area contributed by atoms with Crippen molar-refractivity contribution in [3.63, 3.8) is 0 Å². The van der Waals surface area contributed by atoms with E-state index in [4.69, 9.17) is 4.98 Å². The molecule has 0 aliphatic heterocycles. The Morgan fingerprint density at radius 2 is 1.71 bits per heavy atom. The summed E-state index contributed by atoms with van der Waals surface area (Å²) in [6.07, 6.45) is 0.600. The fourth-order valence-electron chi connectivity index (χ4n) is 3.06. The molecule has 0 unspecified atom stereocenters. The molecule has 0 amide bonds. The largest absolute Gasteiger partial charge is 0.370 e. The van der Waals surface area contributed by atoms with Crippen LogP contribution in [-0.2, 0) is 13.0 Å². The first-order valence-electron chi connectivity index (χ1n) is 9.66. The number of nitrogens with zero attached hydrogens (tertiary/aromatic N) is 3. The summed E-state index contributed by atoms with van der Waals surface area (Å²) in [5.74, 6) is 1.29. The first-order chi connectivity index (χ1) is 13.5. The van der Waals surface area contributed by atoms with Gasteiger partial charge in [-0.3, -0.25) is 0 Å². The van der Waals surface area contributed by atoms with Gasteiger partial charge in [0.2, 0.25) is 5.95 Å². The lowest BCUT2D eigenvalue weighted by Crippen LogP contribution is -2.32. The lowest BCUT2D eigenvalue weighted by Gasteiger charge is -2.27. The molecule has 0 saturated carbocycles. The molecule has 1 N–H and O–H groups in total. The van der Waals surface area contributed by atoms with Crippen molar-refractivity contribution >= 4 is 11.8 Å². The van der Waals surface area contributed by atoms with Crippen LogP contribution >= 0.6 is 0 Å². The topological polar surface area (TPSA) is 41.1 Å². The second-order valence-electron chi connectivity index (χ2n) is 7.17. The number of hydrogen-bond acceptors (Lipinski definition) is 4. The summed E-state index contributed by atoms with van der Waals surface area (Å²) in [6, 6.07) is 19.4. The molecule has 4 nitrogen and oxygen atoms in total. The summed E-state index contributed by atoms with van der Waals surface area (Å²) in [6.45, 7) is 7.60. The average molecular weight is 378 g/mol. The minimum atomic E-state index is -0.169. The molecule has 5 heteroatoms. The van der Waals surface area contributed by atoms with Gasteiger partial charge < -0.3 is 10.2 Å². The predicted molar refractivity (Wildman–Crippen MR) is 113 cm³/mol. The van der Waals surface area contributed by atoms with Gasteiger partial charge in [0.15, 0.2) is 0 Å². The van der Waals surface area contributed by atoms with E-state index in [2.05, 4.69) is 41.2 Å². The Morgan fingerprint density at radius 3 is 2.43 bits per heavy atom. The van der Waals surface area contributed by atoms with Gasteiger partial charge in [0.1, 0.15) is 11.6 Å². The molecule has 1 aromatic heterocycles. The van der Waals surface area contributed by atoms with Crippen LogP contribution in [0.5, 0.6) is 0 Å². The number of aryl methyl sites for hydroxylation is 1. The highest BCUT2D eigenvalue weighted by molar-refractivity contribution is 5.45. The normalized spacial score (nSPS) is 10.9. The second-order valence-corrected chi connectivity index (χ2v) is 7.17. The minimum absolute atomic E-state index is 0.169. The molecule has 1 heterocycles. The van der Waals surface area contributed by atoms with E-state index in [0.717, 1.165) is 18.1 Å². The van der Waals surface area contributed by atoms with E-state index >= 15 is 0 Å². The van der Waals surface area contributed by atoms with Crippen molar-refractivity contribution in [3.8, 4) is 0 Å². The molecule has 0 radical (unpaired) electrons. The molecule has 0 aliphatic rings. The first kappa shape index (κ1) is 19.8. The van der Waals surface area contributed by atoms with Crippen LogP contribution in [0.15, 0.2) is 60.7 Å². The maximum atomic E-state index is 13.8. The highest BCUT2D eigenvalue weighted by Crippen LogP contribution is 2.19. The average Bonchev–Trinajstić information content (AvgIpc) is 2.68. The van der Waals surface area contributed by atoms with Gasteiger partial charge >= 0.3 is 0 Å². The maximum Gasteiger partial charge on any atom is 0.228 e. The molecular formula is C23H27FN4. The number of benzene rings is 2. The minimum Gasteiger partial charge on any atom is -0.370 e. The molecule has 0 fully saturated rings. The van der Waals surface area contributed by atoms with Gasteiger partial charge in [-0.05, 0) is 44.4 Å². The van der Waals surface area contributed by atoms with Crippen molar-refractivity contribution in [2.45, 2.75) is 39.8 Å². The Labute approximate surface area is 166 Å². The molecule has 0 atom stereocenters. The number of hydrogen-bond donors (Lipinski definition) is 1. The van der Waals surface area contributed by atoms with Crippen molar-refractivity contribution in [2.75, 3.05) is 16.8 Å². The number of rotatable bonds is 8. The third-order valence-electron chi connectivity index (χ3n) is 4.58. The monoisotopic (exact) mass is 378 g/mol.